The van der Waals surface area contributed by atoms with Gasteiger partial charge in [0, 0.05) is 30.5 Å². The predicted octanol–water partition coefficient (Wildman–Crippen LogP) is 1.86. The summed E-state index contributed by atoms with van der Waals surface area (Å²) in [5.74, 6) is -0.465. The third-order valence-electron chi connectivity index (χ3n) is 4.45. The average Bonchev–Trinajstić information content (AvgIpc) is 2.76. The van der Waals surface area contributed by atoms with Crippen LogP contribution in [0.3, 0.4) is 0 Å². The number of methoxy groups -OCH3 is 1. The smallest absolute Gasteiger partial charge is 0.267 e. The first-order valence-electron chi connectivity index (χ1n) is 9.83. The molecule has 1 aromatic heterocycles. The highest BCUT2D eigenvalue weighted by Crippen LogP contribution is 2.16. The van der Waals surface area contributed by atoms with Gasteiger partial charge in [-0.1, -0.05) is 30.3 Å². The lowest BCUT2D eigenvalue weighted by Crippen LogP contribution is -2.35. The number of sulfonamides is 1. The number of nitrogens with one attached hydrogen (secondary N) is 2. The summed E-state index contributed by atoms with van der Waals surface area (Å²) in [6, 6.07) is 17.6. The number of rotatable bonds is 9. The summed E-state index contributed by atoms with van der Waals surface area (Å²) in [5.41, 5.74) is 1.39. The molecule has 0 aliphatic carbocycles. The number of hydrogen-bond acceptors (Lipinski definition) is 6. The minimum atomic E-state index is -3.71. The summed E-state index contributed by atoms with van der Waals surface area (Å²) in [6.07, 6.45) is 0. The minimum absolute atomic E-state index is 0.0619. The molecule has 0 saturated carbocycles. The topological polar surface area (TPSA) is 119 Å². The SMILES string of the molecule is COCC(C)NS(=O)(=O)c1ccc(NC(=O)Cn2nc(-c3ccccc3)ccc2=O)cc1. The largest absolute Gasteiger partial charge is 0.383 e. The van der Waals surface area contributed by atoms with Gasteiger partial charge in [-0.2, -0.15) is 5.10 Å². The van der Waals surface area contributed by atoms with Crippen molar-refractivity contribution in [2.24, 2.45) is 0 Å². The van der Waals surface area contributed by atoms with Crippen molar-refractivity contribution in [1.82, 2.24) is 14.5 Å². The molecule has 2 N–H and O–H groups in total. The molecule has 1 atom stereocenters. The number of anilines is 1. The van der Waals surface area contributed by atoms with E-state index in [0.29, 0.717) is 11.4 Å². The van der Waals surface area contributed by atoms with Crippen LogP contribution in [0.4, 0.5) is 5.69 Å². The second-order valence-corrected chi connectivity index (χ2v) is 8.84. The fourth-order valence-electron chi connectivity index (χ4n) is 3.00. The quantitative estimate of drug-likeness (QED) is 0.507. The van der Waals surface area contributed by atoms with Gasteiger partial charge in [0.1, 0.15) is 6.54 Å². The van der Waals surface area contributed by atoms with Gasteiger partial charge in [0.25, 0.3) is 5.56 Å². The molecule has 3 rings (SSSR count). The Kier molecular flexibility index (Phi) is 7.52. The van der Waals surface area contributed by atoms with E-state index < -0.39 is 21.5 Å². The van der Waals surface area contributed by atoms with E-state index in [1.54, 1.807) is 13.0 Å². The van der Waals surface area contributed by atoms with E-state index in [0.717, 1.165) is 10.2 Å². The van der Waals surface area contributed by atoms with Crippen LogP contribution in [0.1, 0.15) is 6.92 Å². The fraction of sp³-hybridized carbons (Fsp3) is 0.227. The third kappa shape index (κ3) is 6.10. The zero-order chi connectivity index (χ0) is 23.1. The summed E-state index contributed by atoms with van der Waals surface area (Å²) < 4.78 is 33.3. The number of ether oxygens (including phenoxy) is 1. The molecule has 9 nitrogen and oxygen atoms in total. The van der Waals surface area contributed by atoms with Gasteiger partial charge >= 0.3 is 0 Å². The van der Waals surface area contributed by atoms with E-state index in [9.17, 15) is 18.0 Å². The van der Waals surface area contributed by atoms with Crippen molar-refractivity contribution in [3.8, 4) is 11.3 Å². The molecule has 0 fully saturated rings. The maximum Gasteiger partial charge on any atom is 0.267 e. The molecule has 1 unspecified atom stereocenters. The molecule has 0 aliphatic heterocycles. The average molecular weight is 457 g/mol. The minimum Gasteiger partial charge on any atom is -0.383 e. The number of benzene rings is 2. The van der Waals surface area contributed by atoms with Gasteiger partial charge in [-0.05, 0) is 37.3 Å². The van der Waals surface area contributed by atoms with E-state index >= 15 is 0 Å². The van der Waals surface area contributed by atoms with E-state index in [2.05, 4.69) is 15.1 Å². The molecule has 1 heterocycles. The highest BCUT2D eigenvalue weighted by molar-refractivity contribution is 7.89. The van der Waals surface area contributed by atoms with Crippen molar-refractivity contribution in [3.63, 3.8) is 0 Å². The molecular weight excluding hydrogens is 432 g/mol. The molecule has 0 radical (unpaired) electrons. The Bertz CT molecular complexity index is 1230. The second kappa shape index (κ2) is 10.3. The number of nitrogens with zero attached hydrogens (tertiary/aromatic N) is 2. The maximum atomic E-state index is 12.4. The fourth-order valence-corrected chi connectivity index (χ4v) is 4.22. The molecule has 0 saturated heterocycles. The number of hydrogen-bond donors (Lipinski definition) is 2. The van der Waals surface area contributed by atoms with Crippen molar-refractivity contribution in [2.45, 2.75) is 24.4 Å². The number of carbonyl (C=O) groups excluding carboxylic acids is 1. The van der Waals surface area contributed by atoms with Gasteiger partial charge in [-0.15, -0.1) is 0 Å². The second-order valence-electron chi connectivity index (χ2n) is 7.13. The monoisotopic (exact) mass is 456 g/mol. The van der Waals surface area contributed by atoms with Gasteiger partial charge in [0.15, 0.2) is 0 Å². The number of carbonyl (C=O) groups is 1. The predicted molar refractivity (Wildman–Crippen MR) is 121 cm³/mol. The Morgan fingerprint density at radius 2 is 1.75 bits per heavy atom. The molecular formula is C22H24N4O5S. The van der Waals surface area contributed by atoms with Crippen LogP contribution in [-0.2, 0) is 26.1 Å². The summed E-state index contributed by atoms with van der Waals surface area (Å²) in [7, 11) is -2.22. The van der Waals surface area contributed by atoms with Crippen molar-refractivity contribution < 1.29 is 17.9 Å². The first-order chi connectivity index (χ1) is 15.3. The Balaban J connectivity index is 1.67. The highest BCUT2D eigenvalue weighted by atomic mass is 32.2. The van der Waals surface area contributed by atoms with Crippen LogP contribution in [0.15, 0.2) is 76.4 Å². The van der Waals surface area contributed by atoms with Crippen LogP contribution in [0.2, 0.25) is 0 Å². The Labute approximate surface area is 186 Å². The van der Waals surface area contributed by atoms with Crippen LogP contribution < -0.4 is 15.6 Å². The van der Waals surface area contributed by atoms with Crippen molar-refractivity contribution in [2.75, 3.05) is 19.0 Å². The molecule has 0 spiro atoms. The number of aromatic nitrogens is 2. The van der Waals surface area contributed by atoms with Crippen molar-refractivity contribution in [3.05, 3.63) is 77.1 Å². The zero-order valence-corrected chi connectivity index (χ0v) is 18.5. The molecule has 1 amide bonds. The van der Waals surface area contributed by atoms with Gasteiger partial charge in [-0.3, -0.25) is 9.59 Å². The summed E-state index contributed by atoms with van der Waals surface area (Å²) in [5, 5.41) is 6.90. The lowest BCUT2D eigenvalue weighted by atomic mass is 10.1. The van der Waals surface area contributed by atoms with Crippen LogP contribution in [0.25, 0.3) is 11.3 Å². The normalized spacial score (nSPS) is 12.3. The van der Waals surface area contributed by atoms with E-state index in [4.69, 9.17) is 4.74 Å². The Morgan fingerprint density at radius 1 is 1.06 bits per heavy atom. The van der Waals surface area contributed by atoms with Crippen LogP contribution in [-0.4, -0.2) is 43.9 Å². The summed E-state index contributed by atoms with van der Waals surface area (Å²) in [4.78, 5) is 24.6. The molecule has 168 valence electrons. The lowest BCUT2D eigenvalue weighted by Gasteiger charge is -2.13. The standard InChI is InChI=1S/C22H24N4O5S/c1-16(15-31-2)25-32(29,30)19-10-8-18(9-11-19)23-21(27)14-26-22(28)13-12-20(24-26)17-6-4-3-5-7-17/h3-13,16,25H,14-15H2,1-2H3,(H,23,27). The first-order valence-corrected chi connectivity index (χ1v) is 11.3. The van der Waals surface area contributed by atoms with Crippen LogP contribution in [0, 0.1) is 0 Å². The van der Waals surface area contributed by atoms with Crippen LogP contribution >= 0.6 is 0 Å². The highest BCUT2D eigenvalue weighted by Gasteiger charge is 2.17. The van der Waals surface area contributed by atoms with Gasteiger partial charge < -0.3 is 10.1 Å². The Hall–Kier alpha value is -3.34. The maximum absolute atomic E-state index is 12.4. The summed E-state index contributed by atoms with van der Waals surface area (Å²) in [6.45, 7) is 1.65. The lowest BCUT2D eigenvalue weighted by molar-refractivity contribution is -0.117. The van der Waals surface area contributed by atoms with Gasteiger partial charge in [0.05, 0.1) is 17.2 Å². The Morgan fingerprint density at radius 3 is 2.41 bits per heavy atom. The molecule has 32 heavy (non-hydrogen) atoms. The molecule has 10 heteroatoms. The van der Waals surface area contributed by atoms with E-state index in [1.165, 1.54) is 37.4 Å². The molecule has 3 aromatic rings. The van der Waals surface area contributed by atoms with Crippen molar-refractivity contribution in [1.29, 1.82) is 0 Å². The number of amides is 1. The van der Waals surface area contributed by atoms with Gasteiger partial charge in [-0.25, -0.2) is 17.8 Å². The summed E-state index contributed by atoms with van der Waals surface area (Å²) >= 11 is 0. The van der Waals surface area contributed by atoms with Crippen molar-refractivity contribution >= 4 is 21.6 Å². The first kappa shape index (κ1) is 23.3. The zero-order valence-electron chi connectivity index (χ0n) is 17.7. The van der Waals surface area contributed by atoms with E-state index in [-0.39, 0.29) is 24.1 Å². The molecule has 0 aliphatic rings. The third-order valence-corrected chi connectivity index (χ3v) is 6.06. The molecule has 0 bridgehead atoms. The van der Waals surface area contributed by atoms with Crippen LogP contribution in [0.5, 0.6) is 0 Å². The van der Waals surface area contributed by atoms with E-state index in [1.807, 2.05) is 30.3 Å². The van der Waals surface area contributed by atoms with Gasteiger partial charge in [0.2, 0.25) is 15.9 Å². The molecule has 2 aromatic carbocycles.